The Morgan fingerprint density at radius 2 is 1.53 bits per heavy atom. The first-order valence-corrected chi connectivity index (χ1v) is 7.37. The van der Waals surface area contributed by atoms with Gasteiger partial charge >= 0.3 is 0 Å². The minimum absolute atomic E-state index is 0.395. The molecule has 2 unspecified atom stereocenters. The maximum absolute atomic E-state index is 5.81. The summed E-state index contributed by atoms with van der Waals surface area (Å²) in [6.45, 7) is 14.9. The first kappa shape index (κ1) is 15.0. The molecule has 0 spiro atoms. The van der Waals surface area contributed by atoms with Gasteiger partial charge in [-0.25, -0.2) is 0 Å². The van der Waals surface area contributed by atoms with E-state index in [1.807, 2.05) is 0 Å². The van der Waals surface area contributed by atoms with Crippen LogP contribution >= 0.6 is 0 Å². The fourth-order valence-electron chi connectivity index (χ4n) is 3.44. The van der Waals surface area contributed by atoms with Crippen molar-refractivity contribution < 1.29 is 4.74 Å². The molecule has 1 aliphatic heterocycles. The summed E-state index contributed by atoms with van der Waals surface area (Å²) >= 11 is 0. The summed E-state index contributed by atoms with van der Waals surface area (Å²) in [7, 11) is 0. The van der Waals surface area contributed by atoms with Crippen LogP contribution < -0.4 is 0 Å². The van der Waals surface area contributed by atoms with Gasteiger partial charge in [-0.1, -0.05) is 33.6 Å². The van der Waals surface area contributed by atoms with Gasteiger partial charge < -0.3 is 4.74 Å². The van der Waals surface area contributed by atoms with Crippen LogP contribution in [0.1, 0.15) is 60.3 Å². The van der Waals surface area contributed by atoms with E-state index in [2.05, 4.69) is 39.5 Å². The highest BCUT2D eigenvalue weighted by Crippen LogP contribution is 2.31. The monoisotopic (exact) mass is 241 g/mol. The fourth-order valence-corrected chi connectivity index (χ4v) is 3.44. The molecule has 0 aromatic carbocycles. The van der Waals surface area contributed by atoms with Crippen LogP contribution in [0, 0.1) is 5.41 Å². The molecule has 0 radical (unpaired) electrons. The largest absolute Gasteiger partial charge is 0.373 e. The number of nitrogens with zero attached hydrogens (tertiary/aromatic N) is 1. The normalized spacial score (nSPS) is 27.4. The van der Waals surface area contributed by atoms with E-state index in [0.29, 0.717) is 17.6 Å². The third-order valence-corrected chi connectivity index (χ3v) is 3.81. The van der Waals surface area contributed by atoms with Gasteiger partial charge in [-0.05, 0) is 32.1 Å². The molecular formula is C15H31NO. The summed E-state index contributed by atoms with van der Waals surface area (Å²) < 4.78 is 5.81. The van der Waals surface area contributed by atoms with E-state index in [1.165, 1.54) is 32.2 Å². The molecule has 0 aliphatic carbocycles. The van der Waals surface area contributed by atoms with Crippen LogP contribution in [0.2, 0.25) is 0 Å². The number of hydrogen-bond acceptors (Lipinski definition) is 2. The average Bonchev–Trinajstić information content (AvgIpc) is 2.15. The molecule has 0 saturated carbocycles. The lowest BCUT2D eigenvalue weighted by Crippen LogP contribution is -2.49. The predicted molar refractivity (Wildman–Crippen MR) is 74.4 cm³/mol. The van der Waals surface area contributed by atoms with Gasteiger partial charge in [-0.3, -0.25) is 4.90 Å². The second-order valence-electron chi connectivity index (χ2n) is 6.26. The SMILES string of the molecule is CCCC(C)(CCC)CN1CC(C)OC(C)C1. The lowest BCUT2D eigenvalue weighted by Gasteiger charge is -2.41. The zero-order valence-corrected chi connectivity index (χ0v) is 12.5. The standard InChI is InChI=1S/C15H31NO/c1-6-8-15(5,9-7-2)12-16-10-13(3)17-14(4)11-16/h13-14H,6-12H2,1-5H3. The molecule has 1 saturated heterocycles. The molecule has 1 rings (SSSR count). The molecule has 0 bridgehead atoms. The van der Waals surface area contributed by atoms with Crippen LogP contribution in [-0.2, 0) is 4.74 Å². The lowest BCUT2D eigenvalue weighted by atomic mass is 9.80. The zero-order chi connectivity index (χ0) is 12.9. The summed E-state index contributed by atoms with van der Waals surface area (Å²) in [6.07, 6.45) is 6.08. The van der Waals surface area contributed by atoms with Crippen molar-refractivity contribution in [3.05, 3.63) is 0 Å². The molecule has 1 aliphatic rings. The van der Waals surface area contributed by atoms with E-state index in [-0.39, 0.29) is 0 Å². The highest BCUT2D eigenvalue weighted by molar-refractivity contribution is 4.82. The van der Waals surface area contributed by atoms with Gasteiger partial charge in [0.15, 0.2) is 0 Å². The highest BCUT2D eigenvalue weighted by atomic mass is 16.5. The number of morpholine rings is 1. The smallest absolute Gasteiger partial charge is 0.0678 e. The maximum Gasteiger partial charge on any atom is 0.0678 e. The third kappa shape index (κ3) is 4.97. The summed E-state index contributed by atoms with van der Waals surface area (Å²) in [5.74, 6) is 0. The van der Waals surface area contributed by atoms with Gasteiger partial charge in [0.2, 0.25) is 0 Å². The first-order chi connectivity index (χ1) is 7.99. The fraction of sp³-hybridized carbons (Fsp3) is 1.00. The predicted octanol–water partition coefficient (Wildman–Crippen LogP) is 3.70. The molecule has 1 heterocycles. The molecule has 2 heteroatoms. The summed E-state index contributed by atoms with van der Waals surface area (Å²) in [5, 5.41) is 0. The Labute approximate surface area is 108 Å². The van der Waals surface area contributed by atoms with Gasteiger partial charge in [0.1, 0.15) is 0 Å². The van der Waals surface area contributed by atoms with Gasteiger partial charge in [0, 0.05) is 19.6 Å². The third-order valence-electron chi connectivity index (χ3n) is 3.81. The van der Waals surface area contributed by atoms with Crippen LogP contribution in [0.3, 0.4) is 0 Å². The molecule has 102 valence electrons. The van der Waals surface area contributed by atoms with Gasteiger partial charge in [-0.2, -0.15) is 0 Å². The quantitative estimate of drug-likeness (QED) is 0.703. The van der Waals surface area contributed by atoms with Crippen molar-refractivity contribution in [1.82, 2.24) is 4.90 Å². The van der Waals surface area contributed by atoms with E-state index < -0.39 is 0 Å². The minimum Gasteiger partial charge on any atom is -0.373 e. The topological polar surface area (TPSA) is 12.5 Å². The lowest BCUT2D eigenvalue weighted by molar-refractivity contribution is -0.0778. The van der Waals surface area contributed by atoms with Crippen molar-refractivity contribution in [2.75, 3.05) is 19.6 Å². The Balaban J connectivity index is 2.53. The summed E-state index contributed by atoms with van der Waals surface area (Å²) in [5.41, 5.74) is 0.500. The van der Waals surface area contributed by atoms with Crippen molar-refractivity contribution in [3.8, 4) is 0 Å². The summed E-state index contributed by atoms with van der Waals surface area (Å²) in [4.78, 5) is 2.62. The van der Waals surface area contributed by atoms with Gasteiger partial charge in [0.25, 0.3) is 0 Å². The molecule has 2 nitrogen and oxygen atoms in total. The second-order valence-corrected chi connectivity index (χ2v) is 6.26. The van der Waals surface area contributed by atoms with E-state index in [4.69, 9.17) is 4.74 Å². The van der Waals surface area contributed by atoms with Crippen LogP contribution in [0.25, 0.3) is 0 Å². The molecule has 1 fully saturated rings. The molecular weight excluding hydrogens is 210 g/mol. The van der Waals surface area contributed by atoms with Crippen LogP contribution in [0.5, 0.6) is 0 Å². The number of hydrogen-bond donors (Lipinski definition) is 0. The van der Waals surface area contributed by atoms with Crippen molar-refractivity contribution in [3.63, 3.8) is 0 Å². The van der Waals surface area contributed by atoms with Crippen molar-refractivity contribution in [1.29, 1.82) is 0 Å². The molecule has 0 N–H and O–H groups in total. The molecule has 0 amide bonds. The number of rotatable bonds is 6. The van der Waals surface area contributed by atoms with Crippen LogP contribution in [0.15, 0.2) is 0 Å². The summed E-state index contributed by atoms with van der Waals surface area (Å²) in [6, 6.07) is 0. The van der Waals surface area contributed by atoms with Gasteiger partial charge in [0.05, 0.1) is 12.2 Å². The Morgan fingerprint density at radius 3 is 1.94 bits per heavy atom. The molecule has 17 heavy (non-hydrogen) atoms. The Kier molecular flexibility index (Phi) is 5.94. The Morgan fingerprint density at radius 1 is 1.06 bits per heavy atom. The van der Waals surface area contributed by atoms with Gasteiger partial charge in [-0.15, -0.1) is 0 Å². The van der Waals surface area contributed by atoms with E-state index in [0.717, 1.165) is 13.1 Å². The molecule has 0 aromatic rings. The Hall–Kier alpha value is -0.0800. The highest BCUT2D eigenvalue weighted by Gasteiger charge is 2.29. The van der Waals surface area contributed by atoms with Crippen molar-refractivity contribution >= 4 is 0 Å². The van der Waals surface area contributed by atoms with Crippen LogP contribution in [-0.4, -0.2) is 36.7 Å². The maximum atomic E-state index is 5.81. The molecule has 2 atom stereocenters. The van der Waals surface area contributed by atoms with E-state index in [9.17, 15) is 0 Å². The van der Waals surface area contributed by atoms with E-state index >= 15 is 0 Å². The zero-order valence-electron chi connectivity index (χ0n) is 12.5. The Bertz CT molecular complexity index is 201. The van der Waals surface area contributed by atoms with E-state index in [1.54, 1.807) is 0 Å². The average molecular weight is 241 g/mol. The van der Waals surface area contributed by atoms with Crippen LogP contribution in [0.4, 0.5) is 0 Å². The first-order valence-electron chi connectivity index (χ1n) is 7.37. The van der Waals surface area contributed by atoms with Crippen molar-refractivity contribution in [2.45, 2.75) is 72.5 Å². The molecule has 0 aromatic heterocycles. The second kappa shape index (κ2) is 6.75. The number of ether oxygens (including phenoxy) is 1. The van der Waals surface area contributed by atoms with Crippen molar-refractivity contribution in [2.24, 2.45) is 5.41 Å². The minimum atomic E-state index is 0.395.